The normalized spacial score (nSPS) is 17.2. The lowest BCUT2D eigenvalue weighted by Crippen LogP contribution is -2.21. The van der Waals surface area contributed by atoms with Gasteiger partial charge in [0.2, 0.25) is 0 Å². The lowest BCUT2D eigenvalue weighted by atomic mass is 9.97. The molecular formula is C20H39BO4. The molecule has 1 aliphatic rings. The van der Waals surface area contributed by atoms with E-state index in [1.165, 1.54) is 70.6 Å². The van der Waals surface area contributed by atoms with Crippen molar-refractivity contribution in [1.82, 2.24) is 0 Å². The zero-order valence-corrected chi connectivity index (χ0v) is 16.6. The summed E-state index contributed by atoms with van der Waals surface area (Å²) < 4.78 is 15.9. The van der Waals surface area contributed by atoms with Crippen molar-refractivity contribution < 1.29 is 18.8 Å². The smallest absolute Gasteiger partial charge is 0.454 e. The SMILES string of the molecule is CCCCCCCCCCCCCCCC(=O)OCC1COB(C)O1. The van der Waals surface area contributed by atoms with Crippen LogP contribution in [0.1, 0.15) is 96.8 Å². The summed E-state index contributed by atoms with van der Waals surface area (Å²) in [6.07, 6.45) is 17.5. The summed E-state index contributed by atoms with van der Waals surface area (Å²) in [6, 6.07) is 0. The van der Waals surface area contributed by atoms with Gasteiger partial charge in [-0.15, -0.1) is 0 Å². The lowest BCUT2D eigenvalue weighted by Gasteiger charge is -2.10. The van der Waals surface area contributed by atoms with Crippen molar-refractivity contribution in [3.05, 3.63) is 0 Å². The molecule has 0 aromatic rings. The standard InChI is InChI=1S/C20H39BO4/c1-3-4-5-6-7-8-9-10-11-12-13-14-15-16-20(22)23-17-19-18-24-21(2)25-19/h19H,3-18H2,1-2H3. The molecule has 146 valence electrons. The molecule has 1 aliphatic heterocycles. The largest absolute Gasteiger partial charge is 0.463 e. The van der Waals surface area contributed by atoms with E-state index in [2.05, 4.69) is 6.92 Å². The molecule has 0 amide bonds. The molecule has 1 fully saturated rings. The van der Waals surface area contributed by atoms with Crippen LogP contribution in [0, 0.1) is 0 Å². The average molecular weight is 354 g/mol. The molecule has 1 atom stereocenters. The minimum atomic E-state index is -0.176. The molecule has 4 nitrogen and oxygen atoms in total. The molecule has 1 unspecified atom stereocenters. The highest BCUT2D eigenvalue weighted by molar-refractivity contribution is 6.43. The molecule has 5 heteroatoms. The van der Waals surface area contributed by atoms with Gasteiger partial charge in [-0.3, -0.25) is 4.79 Å². The van der Waals surface area contributed by atoms with Crippen molar-refractivity contribution >= 4 is 13.1 Å². The monoisotopic (exact) mass is 354 g/mol. The van der Waals surface area contributed by atoms with Crippen LogP contribution >= 0.6 is 0 Å². The lowest BCUT2D eigenvalue weighted by molar-refractivity contribution is -0.146. The maximum absolute atomic E-state index is 11.7. The van der Waals surface area contributed by atoms with Gasteiger partial charge in [-0.05, 0) is 13.2 Å². The van der Waals surface area contributed by atoms with Gasteiger partial charge in [-0.25, -0.2) is 0 Å². The zero-order chi connectivity index (χ0) is 18.2. The molecule has 0 aliphatic carbocycles. The van der Waals surface area contributed by atoms with Crippen LogP contribution in [0.25, 0.3) is 0 Å². The fourth-order valence-corrected chi connectivity index (χ4v) is 3.22. The van der Waals surface area contributed by atoms with E-state index in [1.807, 2.05) is 6.82 Å². The fourth-order valence-electron chi connectivity index (χ4n) is 3.22. The number of carbonyl (C=O) groups excluding carboxylic acids is 1. The maximum atomic E-state index is 11.7. The van der Waals surface area contributed by atoms with E-state index in [0.29, 0.717) is 19.6 Å². The van der Waals surface area contributed by atoms with Gasteiger partial charge in [0.15, 0.2) is 0 Å². The predicted molar refractivity (Wildman–Crippen MR) is 104 cm³/mol. The van der Waals surface area contributed by atoms with Gasteiger partial charge in [0.05, 0.1) is 12.7 Å². The first kappa shape index (κ1) is 22.5. The van der Waals surface area contributed by atoms with Crippen molar-refractivity contribution in [1.29, 1.82) is 0 Å². The van der Waals surface area contributed by atoms with Crippen LogP contribution in [0.5, 0.6) is 0 Å². The van der Waals surface area contributed by atoms with Crippen LogP contribution in [0.2, 0.25) is 6.82 Å². The van der Waals surface area contributed by atoms with E-state index in [4.69, 9.17) is 14.0 Å². The second kappa shape index (κ2) is 15.7. The molecule has 0 bridgehead atoms. The number of ether oxygens (including phenoxy) is 1. The Morgan fingerprint density at radius 3 is 1.92 bits per heavy atom. The Balaban J connectivity index is 1.76. The third-order valence-corrected chi connectivity index (χ3v) is 4.82. The first-order valence-electron chi connectivity index (χ1n) is 10.6. The Morgan fingerprint density at radius 1 is 0.920 bits per heavy atom. The fraction of sp³-hybridized carbons (Fsp3) is 0.950. The van der Waals surface area contributed by atoms with E-state index >= 15 is 0 Å². The number of hydrogen-bond acceptors (Lipinski definition) is 4. The van der Waals surface area contributed by atoms with Crippen molar-refractivity contribution in [2.24, 2.45) is 0 Å². The number of hydrogen-bond donors (Lipinski definition) is 0. The topological polar surface area (TPSA) is 44.8 Å². The first-order chi connectivity index (χ1) is 12.2. The van der Waals surface area contributed by atoms with E-state index in [9.17, 15) is 4.79 Å². The summed E-state index contributed by atoms with van der Waals surface area (Å²) in [5, 5.41) is 0. The van der Waals surface area contributed by atoms with Crippen LogP contribution in [0.3, 0.4) is 0 Å². The van der Waals surface area contributed by atoms with Gasteiger partial charge >= 0.3 is 13.1 Å². The predicted octanol–water partition coefficient (Wildman–Crippen LogP) is 5.54. The van der Waals surface area contributed by atoms with Gasteiger partial charge in [0.1, 0.15) is 6.61 Å². The molecule has 0 saturated carbocycles. The minimum Gasteiger partial charge on any atom is -0.463 e. The summed E-state index contributed by atoms with van der Waals surface area (Å²) in [5.41, 5.74) is 0. The number of esters is 1. The minimum absolute atomic E-state index is 0.0920. The highest BCUT2D eigenvalue weighted by atomic mass is 16.7. The van der Waals surface area contributed by atoms with Crippen LogP contribution < -0.4 is 0 Å². The molecule has 0 radical (unpaired) electrons. The van der Waals surface area contributed by atoms with Gasteiger partial charge < -0.3 is 14.0 Å². The Kier molecular flexibility index (Phi) is 14.1. The molecule has 0 spiro atoms. The summed E-state index contributed by atoms with van der Waals surface area (Å²) >= 11 is 0. The van der Waals surface area contributed by atoms with Gasteiger partial charge in [-0.2, -0.15) is 0 Å². The van der Waals surface area contributed by atoms with E-state index in [1.54, 1.807) is 0 Å². The van der Waals surface area contributed by atoms with Crippen LogP contribution in [-0.2, 0) is 18.8 Å². The quantitative estimate of drug-likeness (QED) is 0.207. The van der Waals surface area contributed by atoms with Crippen LogP contribution in [0.4, 0.5) is 0 Å². The van der Waals surface area contributed by atoms with Crippen molar-refractivity contribution in [3.8, 4) is 0 Å². The third kappa shape index (κ3) is 13.3. The Hall–Kier alpha value is -0.545. The number of rotatable bonds is 16. The molecule has 1 saturated heterocycles. The highest BCUT2D eigenvalue weighted by Gasteiger charge is 2.27. The van der Waals surface area contributed by atoms with Gasteiger partial charge in [0, 0.05) is 6.42 Å². The maximum Gasteiger partial charge on any atom is 0.454 e. The molecule has 0 aromatic carbocycles. The summed E-state index contributed by atoms with van der Waals surface area (Å²) in [4.78, 5) is 11.7. The van der Waals surface area contributed by atoms with Crippen LogP contribution in [0.15, 0.2) is 0 Å². The van der Waals surface area contributed by atoms with E-state index in [0.717, 1.165) is 12.8 Å². The van der Waals surface area contributed by atoms with Crippen molar-refractivity contribution in [2.75, 3.05) is 13.2 Å². The van der Waals surface area contributed by atoms with E-state index in [-0.39, 0.29) is 19.2 Å². The molecule has 0 N–H and O–H groups in total. The highest BCUT2D eigenvalue weighted by Crippen LogP contribution is 2.13. The van der Waals surface area contributed by atoms with Crippen molar-refractivity contribution in [2.45, 2.75) is 110 Å². The molecule has 0 aromatic heterocycles. The molecule has 1 rings (SSSR count). The summed E-state index contributed by atoms with van der Waals surface area (Å²) in [7, 11) is -0.176. The van der Waals surface area contributed by atoms with E-state index < -0.39 is 0 Å². The zero-order valence-electron chi connectivity index (χ0n) is 16.6. The molecule has 25 heavy (non-hydrogen) atoms. The molecular weight excluding hydrogens is 315 g/mol. The van der Waals surface area contributed by atoms with Crippen LogP contribution in [-0.4, -0.2) is 32.4 Å². The summed E-state index contributed by atoms with van der Waals surface area (Å²) in [5.74, 6) is -0.105. The summed E-state index contributed by atoms with van der Waals surface area (Å²) in [6.45, 7) is 4.97. The number of unbranched alkanes of at least 4 members (excludes halogenated alkanes) is 12. The first-order valence-corrected chi connectivity index (χ1v) is 10.6. The third-order valence-electron chi connectivity index (χ3n) is 4.82. The second-order valence-corrected chi connectivity index (χ2v) is 7.33. The van der Waals surface area contributed by atoms with Gasteiger partial charge in [0.25, 0.3) is 0 Å². The Bertz CT molecular complexity index is 325. The molecule has 1 heterocycles. The second-order valence-electron chi connectivity index (χ2n) is 7.33. The Labute approximate surface area is 155 Å². The Morgan fingerprint density at radius 2 is 1.44 bits per heavy atom. The van der Waals surface area contributed by atoms with Gasteiger partial charge in [-0.1, -0.05) is 84.0 Å². The van der Waals surface area contributed by atoms with Crippen molar-refractivity contribution in [3.63, 3.8) is 0 Å². The number of carbonyl (C=O) groups is 1. The average Bonchev–Trinajstić information content (AvgIpc) is 3.02.